The molecule has 6 unspecified atom stereocenters. The number of phenolic OH excluding ortho intramolecular Hbond substituents is 1. The smallest absolute Gasteiger partial charge is 0.323 e. The van der Waals surface area contributed by atoms with E-state index < -0.39 is 76.1 Å². The average molecular weight is 642 g/mol. The summed E-state index contributed by atoms with van der Waals surface area (Å²) >= 11 is 0. The number of Topliss-reactive ketones (excluding diaryl/α,β-unsaturated/α-hetero) is 4. The molecule has 13 heteroatoms. The van der Waals surface area contributed by atoms with Gasteiger partial charge in [-0.25, -0.2) is 4.79 Å². The summed E-state index contributed by atoms with van der Waals surface area (Å²) in [5.74, 6) is -11.6. The molecule has 0 heterocycles. The Hall–Kier alpha value is -5.14. The van der Waals surface area contributed by atoms with Crippen LogP contribution in [0.2, 0.25) is 0 Å². The summed E-state index contributed by atoms with van der Waals surface area (Å²) in [5.41, 5.74) is 3.67. The number of aromatic hydroxyl groups is 1. The molecule has 3 amide bonds. The number of primary amides is 1. The molecule has 0 saturated heterocycles. The number of nitrogens with two attached hydrogens (primary N) is 1. The molecule has 3 aliphatic carbocycles. The number of carbonyl (C=O) groups excluding carboxylic acids is 6. The zero-order chi connectivity index (χ0) is 34.1. The van der Waals surface area contributed by atoms with Crippen LogP contribution < -0.4 is 21.3 Å². The number of hydrogen-bond acceptors (Lipinski definition) is 10. The number of rotatable bonds is 5. The van der Waals surface area contributed by atoms with Crippen LogP contribution in [0.5, 0.6) is 5.75 Å². The highest BCUT2D eigenvalue weighted by Crippen LogP contribution is 2.52. The Bertz CT molecular complexity index is 1900. The van der Waals surface area contributed by atoms with Crippen molar-refractivity contribution >= 4 is 62.9 Å². The molecular formula is C34H35N5O8. The third kappa shape index (κ3) is 4.76. The molecule has 6 rings (SSSR count). The van der Waals surface area contributed by atoms with Gasteiger partial charge in [-0.2, -0.15) is 0 Å². The molecule has 0 aromatic heterocycles. The Morgan fingerprint density at radius 1 is 0.936 bits per heavy atom. The number of benzene rings is 3. The van der Waals surface area contributed by atoms with Crippen LogP contribution in [0.3, 0.4) is 0 Å². The molecular weight excluding hydrogens is 606 g/mol. The van der Waals surface area contributed by atoms with Crippen molar-refractivity contribution in [1.82, 2.24) is 4.90 Å². The maximum Gasteiger partial charge on any atom is 0.323 e. The third-order valence-electron chi connectivity index (χ3n) is 9.81. The Morgan fingerprint density at radius 3 is 2.26 bits per heavy atom. The fourth-order valence-corrected chi connectivity index (χ4v) is 7.76. The van der Waals surface area contributed by atoms with Crippen LogP contribution in [0.4, 0.5) is 21.9 Å². The van der Waals surface area contributed by atoms with Gasteiger partial charge in [-0.15, -0.1) is 0 Å². The van der Waals surface area contributed by atoms with Gasteiger partial charge in [0, 0.05) is 31.1 Å². The second-order valence-electron chi connectivity index (χ2n) is 12.9. The van der Waals surface area contributed by atoms with Gasteiger partial charge in [-0.05, 0) is 55.9 Å². The van der Waals surface area contributed by atoms with Gasteiger partial charge < -0.3 is 31.5 Å². The van der Waals surface area contributed by atoms with Crippen LogP contribution >= 0.6 is 0 Å². The van der Waals surface area contributed by atoms with Gasteiger partial charge in [0.15, 0.2) is 34.7 Å². The highest BCUT2D eigenvalue weighted by atomic mass is 16.3. The first-order chi connectivity index (χ1) is 22.2. The number of nitrogens with one attached hydrogen (secondary N) is 2. The highest BCUT2D eigenvalue weighted by Gasteiger charge is 2.69. The standard InChI is InChI=1S/C34H35N5O8/c1-38(2)22-14-21(37-33(46)36-20-11-7-9-15-8-5-6-10-17(15)20)27(40)24-18(22)12-16-13-19-26(39(3)4)29(42)25(32(35)45)31(44)34(19,47)30(43)23(16)28(24)41/h5-11,14,16,19,23,25-26,40,47H,12-13H2,1-4H3,(H2,35,45)(H2,36,37,46). The van der Waals surface area contributed by atoms with Crippen LogP contribution in [-0.2, 0) is 25.6 Å². The number of phenols is 1. The lowest BCUT2D eigenvalue weighted by Gasteiger charge is -2.52. The van der Waals surface area contributed by atoms with Crippen molar-refractivity contribution in [2.75, 3.05) is 43.7 Å². The number of aliphatic hydroxyl groups is 1. The minimum absolute atomic E-state index is 0.0645. The number of ketones is 4. The maximum atomic E-state index is 14.2. The van der Waals surface area contributed by atoms with E-state index in [1.54, 1.807) is 31.1 Å². The van der Waals surface area contributed by atoms with Gasteiger partial charge in [-0.1, -0.05) is 36.4 Å². The lowest BCUT2D eigenvalue weighted by molar-refractivity contribution is -0.181. The van der Waals surface area contributed by atoms with Crippen molar-refractivity contribution in [3.63, 3.8) is 0 Å². The summed E-state index contributed by atoms with van der Waals surface area (Å²) in [6.07, 6.45) is 0.0281. The molecule has 0 spiro atoms. The lowest BCUT2D eigenvalue weighted by atomic mass is 9.52. The van der Waals surface area contributed by atoms with E-state index in [4.69, 9.17) is 5.73 Å². The summed E-state index contributed by atoms with van der Waals surface area (Å²) in [5, 5.41) is 30.3. The SMILES string of the molecule is CN(C)c1cc(NC(=O)Nc2cccc3ccccc23)c(O)c2c1CC1CC3C(N(C)C)C(=O)C(C(N)=O)C(=O)C3(O)C(=O)C1C2=O. The summed E-state index contributed by atoms with van der Waals surface area (Å²) in [6.45, 7) is 0. The van der Waals surface area contributed by atoms with Gasteiger partial charge in [0.1, 0.15) is 5.75 Å². The second-order valence-corrected chi connectivity index (χ2v) is 12.9. The van der Waals surface area contributed by atoms with Crippen LogP contribution in [0, 0.1) is 23.7 Å². The lowest BCUT2D eigenvalue weighted by Crippen LogP contribution is -2.74. The molecule has 244 valence electrons. The van der Waals surface area contributed by atoms with Crippen LogP contribution in [0.15, 0.2) is 48.5 Å². The number of fused-ring (bicyclic) bond motifs is 4. The van der Waals surface area contributed by atoms with Gasteiger partial charge >= 0.3 is 6.03 Å². The molecule has 0 bridgehead atoms. The first-order valence-corrected chi connectivity index (χ1v) is 15.1. The minimum Gasteiger partial charge on any atom is -0.505 e. The average Bonchev–Trinajstić information content (AvgIpc) is 3.00. The van der Waals surface area contributed by atoms with Crippen LogP contribution in [-0.4, -0.2) is 90.0 Å². The van der Waals surface area contributed by atoms with Gasteiger partial charge in [-0.3, -0.25) is 28.9 Å². The highest BCUT2D eigenvalue weighted by molar-refractivity contribution is 6.32. The van der Waals surface area contributed by atoms with E-state index in [2.05, 4.69) is 10.6 Å². The third-order valence-corrected chi connectivity index (χ3v) is 9.81. The molecule has 0 radical (unpaired) electrons. The van der Waals surface area contributed by atoms with E-state index >= 15 is 0 Å². The molecule has 6 atom stereocenters. The molecule has 3 aliphatic rings. The number of nitrogens with zero attached hydrogens (tertiary/aromatic N) is 2. The van der Waals surface area contributed by atoms with E-state index in [-0.39, 0.29) is 24.1 Å². The summed E-state index contributed by atoms with van der Waals surface area (Å²) < 4.78 is 0. The van der Waals surface area contributed by atoms with Gasteiger partial charge in [0.25, 0.3) is 0 Å². The molecule has 2 saturated carbocycles. The van der Waals surface area contributed by atoms with E-state index in [0.717, 1.165) is 10.8 Å². The Kier molecular flexibility index (Phi) is 7.64. The predicted octanol–water partition coefficient (Wildman–Crippen LogP) is 1.73. The number of carbonyl (C=O) groups is 6. The Balaban J connectivity index is 1.39. The van der Waals surface area contributed by atoms with Crippen LogP contribution in [0.1, 0.15) is 22.3 Å². The Morgan fingerprint density at radius 2 is 1.60 bits per heavy atom. The summed E-state index contributed by atoms with van der Waals surface area (Å²) in [6, 6.07) is 12.5. The van der Waals surface area contributed by atoms with E-state index in [1.807, 2.05) is 30.3 Å². The second kappa shape index (κ2) is 11.3. The first-order valence-electron chi connectivity index (χ1n) is 15.1. The van der Waals surface area contributed by atoms with E-state index in [0.29, 0.717) is 16.9 Å². The van der Waals surface area contributed by atoms with Crippen molar-refractivity contribution in [2.45, 2.75) is 24.5 Å². The number of urea groups is 1. The van der Waals surface area contributed by atoms with Crippen molar-refractivity contribution in [1.29, 1.82) is 0 Å². The number of likely N-dealkylation sites (N-methyl/N-ethyl adjacent to an activating group) is 1. The maximum absolute atomic E-state index is 14.2. The minimum atomic E-state index is -2.83. The molecule has 3 aromatic rings. The number of hydrogen-bond donors (Lipinski definition) is 5. The topological polar surface area (TPSA) is 199 Å². The summed E-state index contributed by atoms with van der Waals surface area (Å²) in [4.78, 5) is 83.8. The predicted molar refractivity (Wildman–Crippen MR) is 172 cm³/mol. The summed E-state index contributed by atoms with van der Waals surface area (Å²) in [7, 11) is 6.50. The molecule has 47 heavy (non-hydrogen) atoms. The largest absolute Gasteiger partial charge is 0.505 e. The number of amides is 3. The van der Waals surface area contributed by atoms with E-state index in [9.17, 15) is 39.0 Å². The van der Waals surface area contributed by atoms with Crippen LogP contribution in [0.25, 0.3) is 10.8 Å². The van der Waals surface area contributed by atoms with Crippen molar-refractivity contribution in [3.05, 3.63) is 59.7 Å². The molecule has 0 aliphatic heterocycles. The molecule has 13 nitrogen and oxygen atoms in total. The van der Waals surface area contributed by atoms with Crippen molar-refractivity contribution < 1.29 is 39.0 Å². The fraction of sp³-hybridized carbons (Fsp3) is 0.353. The molecule has 6 N–H and O–H groups in total. The normalized spacial score (nSPS) is 26.8. The monoisotopic (exact) mass is 641 g/mol. The first kappa shape index (κ1) is 31.8. The van der Waals surface area contributed by atoms with E-state index in [1.165, 1.54) is 25.1 Å². The van der Waals surface area contributed by atoms with Crippen molar-refractivity contribution in [2.24, 2.45) is 29.4 Å². The zero-order valence-electron chi connectivity index (χ0n) is 26.2. The molecule has 3 aromatic carbocycles. The van der Waals surface area contributed by atoms with Crippen molar-refractivity contribution in [3.8, 4) is 5.75 Å². The quantitative estimate of drug-likeness (QED) is 0.202. The van der Waals surface area contributed by atoms with Gasteiger partial charge in [0.05, 0.1) is 28.9 Å². The number of anilines is 3. The zero-order valence-corrected chi connectivity index (χ0v) is 26.2. The molecule has 2 fully saturated rings. The fourth-order valence-electron chi connectivity index (χ4n) is 7.76. The Labute approximate surface area is 269 Å². The van der Waals surface area contributed by atoms with Gasteiger partial charge in [0.2, 0.25) is 5.91 Å².